The van der Waals surface area contributed by atoms with Gasteiger partial charge >= 0.3 is 5.97 Å². The zero-order valence-electron chi connectivity index (χ0n) is 8.78. The SMILES string of the molecule is CCN(C)c1cccc(C(=O)OC)c1. The van der Waals surface area contributed by atoms with E-state index in [9.17, 15) is 4.79 Å². The molecule has 0 aliphatic rings. The lowest BCUT2D eigenvalue weighted by molar-refractivity contribution is 0.0601. The van der Waals surface area contributed by atoms with Gasteiger partial charge in [-0.3, -0.25) is 0 Å². The summed E-state index contributed by atoms with van der Waals surface area (Å²) in [5.41, 5.74) is 1.61. The van der Waals surface area contributed by atoms with Gasteiger partial charge in [-0.2, -0.15) is 0 Å². The zero-order valence-corrected chi connectivity index (χ0v) is 8.78. The van der Waals surface area contributed by atoms with Gasteiger partial charge in [-0.25, -0.2) is 4.79 Å². The van der Waals surface area contributed by atoms with Crippen molar-refractivity contribution in [2.45, 2.75) is 6.92 Å². The van der Waals surface area contributed by atoms with Crippen LogP contribution in [0.5, 0.6) is 0 Å². The van der Waals surface area contributed by atoms with Crippen molar-refractivity contribution in [2.75, 3.05) is 25.6 Å². The summed E-state index contributed by atoms with van der Waals surface area (Å²) in [5.74, 6) is -0.295. The molecule has 0 N–H and O–H groups in total. The van der Waals surface area contributed by atoms with E-state index in [2.05, 4.69) is 16.6 Å². The number of methoxy groups -OCH3 is 1. The van der Waals surface area contributed by atoms with E-state index >= 15 is 0 Å². The lowest BCUT2D eigenvalue weighted by atomic mass is 10.2. The summed E-state index contributed by atoms with van der Waals surface area (Å²) in [5, 5.41) is 0. The molecule has 3 heteroatoms. The maximum atomic E-state index is 11.2. The van der Waals surface area contributed by atoms with Crippen molar-refractivity contribution in [3.63, 3.8) is 0 Å². The van der Waals surface area contributed by atoms with Crippen LogP contribution in [-0.2, 0) is 4.74 Å². The van der Waals surface area contributed by atoms with E-state index in [1.165, 1.54) is 7.11 Å². The number of ether oxygens (including phenoxy) is 1. The third-order valence-electron chi connectivity index (χ3n) is 2.18. The molecular weight excluding hydrogens is 178 g/mol. The molecule has 0 atom stereocenters. The van der Waals surface area contributed by atoms with E-state index in [0.29, 0.717) is 5.56 Å². The Labute approximate surface area is 84.3 Å². The van der Waals surface area contributed by atoms with Crippen LogP contribution in [0.3, 0.4) is 0 Å². The summed E-state index contributed by atoms with van der Waals surface area (Å²) in [7, 11) is 3.37. The Morgan fingerprint density at radius 3 is 2.79 bits per heavy atom. The van der Waals surface area contributed by atoms with E-state index in [4.69, 9.17) is 0 Å². The first-order valence-electron chi connectivity index (χ1n) is 4.58. The Balaban J connectivity index is 2.95. The standard InChI is InChI=1S/C11H15NO2/c1-4-12(2)10-7-5-6-9(8-10)11(13)14-3/h5-8H,4H2,1-3H3. The number of hydrogen-bond donors (Lipinski definition) is 0. The first kappa shape index (κ1) is 10.6. The van der Waals surface area contributed by atoms with Crippen LogP contribution < -0.4 is 4.90 Å². The lowest BCUT2D eigenvalue weighted by Gasteiger charge is -2.16. The van der Waals surface area contributed by atoms with Crippen molar-refractivity contribution in [3.8, 4) is 0 Å². The van der Waals surface area contributed by atoms with E-state index < -0.39 is 0 Å². The van der Waals surface area contributed by atoms with E-state index in [0.717, 1.165) is 12.2 Å². The number of carbonyl (C=O) groups excluding carboxylic acids is 1. The summed E-state index contributed by atoms with van der Waals surface area (Å²) >= 11 is 0. The third-order valence-corrected chi connectivity index (χ3v) is 2.18. The number of hydrogen-bond acceptors (Lipinski definition) is 3. The van der Waals surface area contributed by atoms with Gasteiger partial charge in [0.15, 0.2) is 0 Å². The van der Waals surface area contributed by atoms with E-state index in [1.807, 2.05) is 25.2 Å². The van der Waals surface area contributed by atoms with Crippen molar-refractivity contribution < 1.29 is 9.53 Å². The summed E-state index contributed by atoms with van der Waals surface area (Å²) in [6.45, 7) is 2.97. The Morgan fingerprint density at radius 1 is 1.50 bits per heavy atom. The molecule has 0 radical (unpaired) electrons. The molecular formula is C11H15NO2. The molecule has 1 aromatic carbocycles. The van der Waals surface area contributed by atoms with Crippen LogP contribution in [0.25, 0.3) is 0 Å². The Morgan fingerprint density at radius 2 is 2.21 bits per heavy atom. The topological polar surface area (TPSA) is 29.5 Å². The van der Waals surface area contributed by atoms with E-state index in [-0.39, 0.29) is 5.97 Å². The molecule has 14 heavy (non-hydrogen) atoms. The van der Waals surface area contributed by atoms with Crippen LogP contribution in [-0.4, -0.2) is 26.7 Å². The van der Waals surface area contributed by atoms with Gasteiger partial charge < -0.3 is 9.64 Å². The molecule has 0 unspecified atom stereocenters. The molecule has 76 valence electrons. The molecule has 0 heterocycles. The second-order valence-electron chi connectivity index (χ2n) is 3.06. The van der Waals surface area contributed by atoms with Gasteiger partial charge in [0.05, 0.1) is 12.7 Å². The minimum Gasteiger partial charge on any atom is -0.465 e. The number of nitrogens with zero attached hydrogens (tertiary/aromatic N) is 1. The number of rotatable bonds is 3. The van der Waals surface area contributed by atoms with Gasteiger partial charge in [0.1, 0.15) is 0 Å². The third kappa shape index (κ3) is 2.25. The number of benzene rings is 1. The molecule has 0 amide bonds. The monoisotopic (exact) mass is 193 g/mol. The molecule has 3 nitrogen and oxygen atoms in total. The summed E-state index contributed by atoms with van der Waals surface area (Å²) in [6.07, 6.45) is 0. The van der Waals surface area contributed by atoms with Gasteiger partial charge in [-0.15, -0.1) is 0 Å². The molecule has 0 aromatic heterocycles. The molecule has 0 spiro atoms. The van der Waals surface area contributed by atoms with Crippen molar-refractivity contribution in [1.29, 1.82) is 0 Å². The maximum absolute atomic E-state index is 11.2. The number of anilines is 1. The average molecular weight is 193 g/mol. The molecule has 0 aliphatic heterocycles. The second-order valence-corrected chi connectivity index (χ2v) is 3.06. The maximum Gasteiger partial charge on any atom is 0.337 e. The Bertz CT molecular complexity index is 323. The van der Waals surface area contributed by atoms with Crippen molar-refractivity contribution in [1.82, 2.24) is 0 Å². The van der Waals surface area contributed by atoms with Gasteiger partial charge in [0.25, 0.3) is 0 Å². The highest BCUT2D eigenvalue weighted by atomic mass is 16.5. The molecule has 0 bridgehead atoms. The first-order valence-corrected chi connectivity index (χ1v) is 4.58. The Hall–Kier alpha value is -1.51. The predicted molar refractivity (Wildman–Crippen MR) is 56.7 cm³/mol. The largest absolute Gasteiger partial charge is 0.465 e. The van der Waals surface area contributed by atoms with Gasteiger partial charge in [0.2, 0.25) is 0 Å². The van der Waals surface area contributed by atoms with Crippen molar-refractivity contribution in [3.05, 3.63) is 29.8 Å². The van der Waals surface area contributed by atoms with Crippen LogP contribution in [0.1, 0.15) is 17.3 Å². The van der Waals surface area contributed by atoms with Crippen molar-refractivity contribution in [2.24, 2.45) is 0 Å². The predicted octanol–water partition coefficient (Wildman–Crippen LogP) is 1.93. The second kappa shape index (κ2) is 4.65. The van der Waals surface area contributed by atoms with Crippen LogP contribution in [0.15, 0.2) is 24.3 Å². The van der Waals surface area contributed by atoms with Crippen LogP contribution in [0.4, 0.5) is 5.69 Å². The summed E-state index contributed by atoms with van der Waals surface area (Å²) in [6, 6.07) is 7.40. The van der Waals surface area contributed by atoms with Gasteiger partial charge in [0, 0.05) is 19.3 Å². The molecule has 1 rings (SSSR count). The van der Waals surface area contributed by atoms with Crippen LogP contribution >= 0.6 is 0 Å². The fourth-order valence-corrected chi connectivity index (χ4v) is 1.17. The highest BCUT2D eigenvalue weighted by Gasteiger charge is 2.06. The van der Waals surface area contributed by atoms with Gasteiger partial charge in [-0.1, -0.05) is 6.07 Å². The first-order chi connectivity index (χ1) is 6.69. The molecule has 1 aromatic rings. The van der Waals surface area contributed by atoms with Crippen LogP contribution in [0, 0.1) is 0 Å². The normalized spacial score (nSPS) is 9.64. The fraction of sp³-hybridized carbons (Fsp3) is 0.364. The zero-order chi connectivity index (χ0) is 10.6. The molecule has 0 saturated heterocycles. The lowest BCUT2D eigenvalue weighted by Crippen LogP contribution is -2.16. The highest BCUT2D eigenvalue weighted by Crippen LogP contribution is 2.14. The van der Waals surface area contributed by atoms with E-state index in [1.54, 1.807) is 6.07 Å². The highest BCUT2D eigenvalue weighted by molar-refractivity contribution is 5.90. The molecule has 0 saturated carbocycles. The molecule has 0 fully saturated rings. The molecule has 0 aliphatic carbocycles. The quantitative estimate of drug-likeness (QED) is 0.687. The van der Waals surface area contributed by atoms with Crippen LogP contribution in [0.2, 0.25) is 0 Å². The smallest absolute Gasteiger partial charge is 0.337 e. The number of esters is 1. The minimum absolute atomic E-state index is 0.295. The Kier molecular flexibility index (Phi) is 3.51. The fourth-order valence-electron chi connectivity index (χ4n) is 1.17. The summed E-state index contributed by atoms with van der Waals surface area (Å²) in [4.78, 5) is 13.3. The van der Waals surface area contributed by atoms with Crippen molar-refractivity contribution >= 4 is 11.7 Å². The number of carbonyl (C=O) groups is 1. The average Bonchev–Trinajstić information content (AvgIpc) is 2.27. The summed E-state index contributed by atoms with van der Waals surface area (Å²) < 4.78 is 4.65. The van der Waals surface area contributed by atoms with Gasteiger partial charge in [-0.05, 0) is 25.1 Å². The minimum atomic E-state index is -0.295.